The summed E-state index contributed by atoms with van der Waals surface area (Å²) in [6, 6.07) is 5.78. The Morgan fingerprint density at radius 3 is 2.35 bits per heavy atom. The molecule has 0 spiro atoms. The first kappa shape index (κ1) is 15.9. The Hall–Kier alpha value is -1.11. The quantitative estimate of drug-likeness (QED) is 0.638. The zero-order chi connectivity index (χ0) is 13.5. The molecule has 1 radical (unpaired) electrons. The second-order valence-electron chi connectivity index (χ2n) is 2.58. The third-order valence-electron chi connectivity index (χ3n) is 1.64. The normalized spacial score (nSPS) is 9.82. The highest BCUT2D eigenvalue weighted by atomic mass is 35.5. The molecule has 0 aliphatic carbocycles. The number of hydrogen-bond donors (Lipinski definition) is 3. The fourth-order valence-corrected chi connectivity index (χ4v) is 1.91. The molecule has 0 saturated carbocycles. The lowest BCUT2D eigenvalue weighted by atomic mass is 10.2. The van der Waals surface area contributed by atoms with Crippen LogP contribution in [0.5, 0.6) is 0 Å². The number of sulfonamides is 1. The van der Waals surface area contributed by atoms with E-state index in [1.54, 1.807) is 0 Å². The summed E-state index contributed by atoms with van der Waals surface area (Å²) in [4.78, 5) is 0.0454. The molecule has 0 heterocycles. The molecule has 9 heteroatoms. The van der Waals surface area contributed by atoms with Gasteiger partial charge in [0.15, 0.2) is 0 Å². The van der Waals surface area contributed by atoms with Gasteiger partial charge in [-0.15, -0.1) is 0 Å². The summed E-state index contributed by atoms with van der Waals surface area (Å²) in [5, 5.41) is 22.7. The molecule has 0 aliphatic rings. The molecule has 0 aromatic heterocycles. The van der Waals surface area contributed by atoms with Crippen molar-refractivity contribution in [3.05, 3.63) is 28.8 Å². The first-order valence-electron chi connectivity index (χ1n) is 4.16. The summed E-state index contributed by atoms with van der Waals surface area (Å²) in [6.07, 6.45) is 0. The van der Waals surface area contributed by atoms with Crippen LogP contribution < -0.4 is 4.72 Å². The average molecular weight is 276 g/mol. The van der Waals surface area contributed by atoms with Gasteiger partial charge in [0, 0.05) is 0 Å². The number of nitrogens with zero attached hydrogens (tertiary/aromatic N) is 1. The van der Waals surface area contributed by atoms with Gasteiger partial charge in [0.2, 0.25) is 10.0 Å². The zero-order valence-corrected chi connectivity index (χ0v) is 10.3. The number of benzene rings is 1. The predicted molar refractivity (Wildman–Crippen MR) is 62.6 cm³/mol. The smallest absolute Gasteiger partial charge is 0.429 e. The SMILES string of the molecule is CNS(=O)(=O)c1ccc(C#N)c(Cl)c1.O[B]O. The molecule has 1 aromatic rings. The summed E-state index contributed by atoms with van der Waals surface area (Å²) >= 11 is 5.68. The van der Waals surface area contributed by atoms with E-state index in [2.05, 4.69) is 4.72 Å². The van der Waals surface area contributed by atoms with Crippen molar-refractivity contribution in [1.29, 1.82) is 5.26 Å². The summed E-state index contributed by atoms with van der Waals surface area (Å²) < 4.78 is 24.8. The van der Waals surface area contributed by atoms with Gasteiger partial charge in [0.1, 0.15) is 6.07 Å². The van der Waals surface area contributed by atoms with Crippen LogP contribution in [0, 0.1) is 11.3 Å². The lowest BCUT2D eigenvalue weighted by Crippen LogP contribution is -2.18. The van der Waals surface area contributed by atoms with Gasteiger partial charge in [-0.2, -0.15) is 5.26 Å². The van der Waals surface area contributed by atoms with Gasteiger partial charge in [-0.1, -0.05) is 11.6 Å². The van der Waals surface area contributed by atoms with Crippen molar-refractivity contribution < 1.29 is 18.5 Å². The zero-order valence-electron chi connectivity index (χ0n) is 8.75. The summed E-state index contributed by atoms with van der Waals surface area (Å²) in [5.41, 5.74) is 0.252. The number of nitrogens with one attached hydrogen (secondary N) is 1. The van der Waals surface area contributed by atoms with Crippen LogP contribution in [0.4, 0.5) is 0 Å². The first-order chi connectivity index (χ1) is 7.92. The van der Waals surface area contributed by atoms with Crippen LogP contribution in [0.15, 0.2) is 23.1 Å². The van der Waals surface area contributed by atoms with E-state index in [0.717, 1.165) is 0 Å². The van der Waals surface area contributed by atoms with E-state index in [1.807, 2.05) is 6.07 Å². The Kier molecular flexibility index (Phi) is 6.79. The molecule has 17 heavy (non-hydrogen) atoms. The molecule has 3 N–H and O–H groups in total. The molecule has 0 amide bonds. The minimum atomic E-state index is -3.49. The predicted octanol–water partition coefficient (Wildman–Crippen LogP) is -0.375. The van der Waals surface area contributed by atoms with Gasteiger partial charge in [-0.25, -0.2) is 13.1 Å². The van der Waals surface area contributed by atoms with E-state index in [4.69, 9.17) is 26.9 Å². The highest BCUT2D eigenvalue weighted by molar-refractivity contribution is 7.89. The van der Waals surface area contributed by atoms with Gasteiger partial charge in [-0.05, 0) is 25.2 Å². The van der Waals surface area contributed by atoms with Crippen LogP contribution in [-0.4, -0.2) is 33.2 Å². The third-order valence-corrected chi connectivity index (χ3v) is 3.36. The topological polar surface area (TPSA) is 110 Å². The van der Waals surface area contributed by atoms with Crippen LogP contribution in [-0.2, 0) is 10.0 Å². The summed E-state index contributed by atoms with van der Waals surface area (Å²) in [6.45, 7) is 0. The van der Waals surface area contributed by atoms with Crippen LogP contribution >= 0.6 is 11.6 Å². The van der Waals surface area contributed by atoms with Crippen molar-refractivity contribution in [2.24, 2.45) is 0 Å². The lowest BCUT2D eigenvalue weighted by Gasteiger charge is -2.02. The van der Waals surface area contributed by atoms with Crippen molar-refractivity contribution >= 4 is 29.3 Å². The van der Waals surface area contributed by atoms with Crippen molar-refractivity contribution in [2.45, 2.75) is 4.90 Å². The molecular weight excluding hydrogens is 266 g/mol. The van der Waals surface area contributed by atoms with Crippen molar-refractivity contribution in [3.8, 4) is 6.07 Å². The molecule has 91 valence electrons. The molecule has 0 saturated heterocycles. The largest absolute Gasteiger partial charge is 0.482 e. The van der Waals surface area contributed by atoms with Gasteiger partial charge in [0.05, 0.1) is 15.5 Å². The highest BCUT2D eigenvalue weighted by Crippen LogP contribution is 2.19. The Bertz CT molecular complexity index is 515. The van der Waals surface area contributed by atoms with Crippen LogP contribution in [0.1, 0.15) is 5.56 Å². The van der Waals surface area contributed by atoms with Gasteiger partial charge < -0.3 is 10.0 Å². The summed E-state index contributed by atoms with van der Waals surface area (Å²) in [7, 11) is -2.18. The second kappa shape index (κ2) is 7.27. The molecule has 0 aliphatic heterocycles. The van der Waals surface area contributed by atoms with Crippen molar-refractivity contribution in [3.63, 3.8) is 0 Å². The molecule has 6 nitrogen and oxygen atoms in total. The highest BCUT2D eigenvalue weighted by Gasteiger charge is 2.12. The van der Waals surface area contributed by atoms with Crippen molar-refractivity contribution in [2.75, 3.05) is 7.05 Å². The number of rotatable bonds is 2. The monoisotopic (exact) mass is 275 g/mol. The van der Waals surface area contributed by atoms with Crippen molar-refractivity contribution in [1.82, 2.24) is 4.72 Å². The maximum absolute atomic E-state index is 11.3. The maximum Gasteiger partial charge on any atom is 0.482 e. The van der Waals surface area contributed by atoms with E-state index in [-0.39, 0.29) is 23.2 Å². The Morgan fingerprint density at radius 2 is 2.00 bits per heavy atom. The fourth-order valence-electron chi connectivity index (χ4n) is 0.872. The Labute approximate surface area is 105 Å². The number of halogens is 1. The van der Waals surface area contributed by atoms with Gasteiger partial charge >= 0.3 is 7.69 Å². The molecule has 0 fully saturated rings. The van der Waals surface area contributed by atoms with Gasteiger partial charge in [0.25, 0.3) is 0 Å². The minimum Gasteiger partial charge on any atom is -0.429 e. The van der Waals surface area contributed by atoms with Crippen LogP contribution in [0.3, 0.4) is 0 Å². The molecule has 0 atom stereocenters. The maximum atomic E-state index is 11.3. The second-order valence-corrected chi connectivity index (χ2v) is 4.87. The Balaban J connectivity index is 0.000000770. The van der Waals surface area contributed by atoms with E-state index in [1.165, 1.54) is 25.2 Å². The third kappa shape index (κ3) is 4.72. The molecular formula is C8H9BClN2O4S. The average Bonchev–Trinajstić information content (AvgIpc) is 2.30. The number of nitriles is 1. The standard InChI is InChI=1S/C8H7ClN2O2S.BH2O2/c1-11-14(12,13)7-3-2-6(5-10)8(9)4-7;2-1-3/h2-4,11H,1H3;2-3H. The molecule has 1 rings (SSSR count). The van der Waals surface area contributed by atoms with Crippen LogP contribution in [0.25, 0.3) is 0 Å². The molecule has 1 aromatic carbocycles. The lowest BCUT2D eigenvalue weighted by molar-refractivity contribution is 0.448. The van der Waals surface area contributed by atoms with E-state index in [0.29, 0.717) is 0 Å². The van der Waals surface area contributed by atoms with Gasteiger partial charge in [-0.3, -0.25) is 0 Å². The van der Waals surface area contributed by atoms with E-state index in [9.17, 15) is 8.42 Å². The number of hydrogen-bond acceptors (Lipinski definition) is 5. The molecule has 0 unspecified atom stereocenters. The molecule has 0 bridgehead atoms. The van der Waals surface area contributed by atoms with E-state index < -0.39 is 10.0 Å². The first-order valence-corrected chi connectivity index (χ1v) is 6.02. The Morgan fingerprint density at radius 1 is 1.47 bits per heavy atom. The minimum absolute atomic E-state index is 0. The van der Waals surface area contributed by atoms with E-state index >= 15 is 0 Å². The summed E-state index contributed by atoms with van der Waals surface area (Å²) in [5.74, 6) is 0. The fraction of sp³-hybridized carbons (Fsp3) is 0.125. The van der Waals surface area contributed by atoms with Crippen LogP contribution in [0.2, 0.25) is 5.02 Å².